The zero-order chi connectivity index (χ0) is 11.1. The zero-order valence-electron chi connectivity index (χ0n) is 9.36. The van der Waals surface area contributed by atoms with E-state index in [4.69, 9.17) is 0 Å². The number of nitrogens with zero attached hydrogens (tertiary/aromatic N) is 2. The van der Waals surface area contributed by atoms with Gasteiger partial charge in [0.15, 0.2) is 0 Å². The highest BCUT2D eigenvalue weighted by atomic mass is 14.7. The van der Waals surface area contributed by atoms with Crippen LogP contribution in [0.5, 0.6) is 0 Å². The monoisotopic (exact) mass is 208 g/mol. The maximum Gasteiger partial charge on any atom is 0.0798 e. The molecular weight excluding hydrogens is 196 g/mol. The Morgan fingerprint density at radius 1 is 1.00 bits per heavy atom. The van der Waals surface area contributed by atoms with E-state index >= 15 is 0 Å². The lowest BCUT2D eigenvalue weighted by molar-refractivity contribution is 1.23. The van der Waals surface area contributed by atoms with Gasteiger partial charge in [-0.1, -0.05) is 6.07 Å². The molecule has 0 aliphatic heterocycles. The summed E-state index contributed by atoms with van der Waals surface area (Å²) in [6.45, 7) is 4.17. The van der Waals surface area contributed by atoms with E-state index in [1.54, 1.807) is 0 Å². The lowest BCUT2D eigenvalue weighted by Gasteiger charge is -2.08. The van der Waals surface area contributed by atoms with E-state index in [-0.39, 0.29) is 0 Å². The molecule has 0 atom stereocenters. The Balaban J connectivity index is 2.67. The number of hydrogen-bond donors (Lipinski definition) is 0. The number of fused-ring (bicyclic) bond motifs is 3. The summed E-state index contributed by atoms with van der Waals surface area (Å²) >= 11 is 0. The van der Waals surface area contributed by atoms with Crippen molar-refractivity contribution in [1.82, 2.24) is 9.97 Å². The normalized spacial score (nSPS) is 11.1. The fourth-order valence-electron chi connectivity index (χ4n) is 2.25. The number of hydrogen-bond acceptors (Lipinski definition) is 2. The molecule has 0 amide bonds. The molecule has 16 heavy (non-hydrogen) atoms. The van der Waals surface area contributed by atoms with Crippen molar-refractivity contribution in [2.24, 2.45) is 0 Å². The van der Waals surface area contributed by atoms with Crippen LogP contribution in [-0.2, 0) is 0 Å². The summed E-state index contributed by atoms with van der Waals surface area (Å²) in [5.74, 6) is 0. The maximum atomic E-state index is 4.47. The molecule has 2 nitrogen and oxygen atoms in total. The van der Waals surface area contributed by atoms with E-state index in [9.17, 15) is 0 Å². The van der Waals surface area contributed by atoms with Crippen molar-refractivity contribution in [3.63, 3.8) is 0 Å². The summed E-state index contributed by atoms with van der Waals surface area (Å²) in [5, 5.41) is 3.61. The van der Waals surface area contributed by atoms with Crippen molar-refractivity contribution in [3.05, 3.63) is 47.9 Å². The summed E-state index contributed by atoms with van der Waals surface area (Å²) in [6.07, 6.45) is 3.70. The molecule has 78 valence electrons. The third-order valence-corrected chi connectivity index (χ3v) is 3.01. The molecule has 2 aromatic heterocycles. The molecule has 1 aromatic carbocycles. The van der Waals surface area contributed by atoms with Gasteiger partial charge in [0.05, 0.1) is 5.52 Å². The highest BCUT2D eigenvalue weighted by molar-refractivity contribution is 6.07. The van der Waals surface area contributed by atoms with Crippen LogP contribution >= 0.6 is 0 Å². The van der Waals surface area contributed by atoms with Gasteiger partial charge in [-0.05, 0) is 43.0 Å². The van der Waals surface area contributed by atoms with Crippen LogP contribution in [0.15, 0.2) is 36.7 Å². The first kappa shape index (κ1) is 9.28. The molecule has 0 spiro atoms. The van der Waals surface area contributed by atoms with Gasteiger partial charge < -0.3 is 0 Å². The third kappa shape index (κ3) is 1.20. The summed E-state index contributed by atoms with van der Waals surface area (Å²) in [7, 11) is 0. The minimum Gasteiger partial charge on any atom is -0.261 e. The number of aryl methyl sites for hydroxylation is 2. The molecule has 0 saturated carbocycles. The van der Waals surface area contributed by atoms with Crippen LogP contribution in [0, 0.1) is 13.8 Å². The second-order valence-electron chi connectivity index (χ2n) is 4.09. The van der Waals surface area contributed by atoms with Gasteiger partial charge in [-0.2, -0.15) is 0 Å². The second kappa shape index (κ2) is 3.27. The van der Waals surface area contributed by atoms with Crippen LogP contribution in [0.1, 0.15) is 11.3 Å². The number of pyridine rings is 2. The minimum atomic E-state index is 1.05. The van der Waals surface area contributed by atoms with E-state index in [2.05, 4.69) is 35.1 Å². The molecular formula is C14H12N2. The predicted octanol–water partition coefficient (Wildman–Crippen LogP) is 3.40. The van der Waals surface area contributed by atoms with Gasteiger partial charge in [0.1, 0.15) is 0 Å². The molecule has 2 heterocycles. The molecule has 0 saturated heterocycles. The third-order valence-electron chi connectivity index (χ3n) is 3.01. The van der Waals surface area contributed by atoms with Crippen molar-refractivity contribution < 1.29 is 0 Å². The van der Waals surface area contributed by atoms with E-state index in [1.807, 2.05) is 25.4 Å². The Labute approximate surface area is 94.0 Å². The van der Waals surface area contributed by atoms with Gasteiger partial charge in [-0.3, -0.25) is 9.97 Å². The molecule has 3 rings (SSSR count). The molecule has 0 aliphatic carbocycles. The fourth-order valence-corrected chi connectivity index (χ4v) is 2.25. The standard InChI is InChI=1S/C14H12N2/c1-9-8-11-4-3-6-16-14(11)13-10(2)15-7-5-12(9)13/h3-8H,1-2H3. The predicted molar refractivity (Wildman–Crippen MR) is 66.5 cm³/mol. The summed E-state index contributed by atoms with van der Waals surface area (Å²) < 4.78 is 0. The SMILES string of the molecule is Cc1cc2cccnc2c2c(C)nccc12. The van der Waals surface area contributed by atoms with E-state index < -0.39 is 0 Å². The quantitative estimate of drug-likeness (QED) is 0.529. The average Bonchev–Trinajstić information content (AvgIpc) is 2.30. The molecule has 2 heteroatoms. The van der Waals surface area contributed by atoms with E-state index in [1.165, 1.54) is 21.7 Å². The van der Waals surface area contributed by atoms with Crippen molar-refractivity contribution in [1.29, 1.82) is 0 Å². The molecule has 0 fully saturated rings. The minimum absolute atomic E-state index is 1.05. The Kier molecular flexibility index (Phi) is 1.90. The summed E-state index contributed by atoms with van der Waals surface area (Å²) in [5.41, 5.74) is 3.37. The number of aromatic nitrogens is 2. The van der Waals surface area contributed by atoms with Crippen LogP contribution in [0.2, 0.25) is 0 Å². The second-order valence-corrected chi connectivity index (χ2v) is 4.09. The summed E-state index contributed by atoms with van der Waals surface area (Å²) in [4.78, 5) is 8.83. The molecule has 0 radical (unpaired) electrons. The molecule has 0 bridgehead atoms. The zero-order valence-corrected chi connectivity index (χ0v) is 9.36. The summed E-state index contributed by atoms with van der Waals surface area (Å²) in [6, 6.07) is 8.32. The average molecular weight is 208 g/mol. The van der Waals surface area contributed by atoms with E-state index in [0.717, 1.165) is 11.2 Å². The van der Waals surface area contributed by atoms with Gasteiger partial charge in [0.2, 0.25) is 0 Å². The Morgan fingerprint density at radius 2 is 1.88 bits per heavy atom. The highest BCUT2D eigenvalue weighted by Gasteiger charge is 2.07. The van der Waals surface area contributed by atoms with Crippen LogP contribution in [0.4, 0.5) is 0 Å². The van der Waals surface area contributed by atoms with Crippen LogP contribution < -0.4 is 0 Å². The molecule has 0 N–H and O–H groups in total. The van der Waals surface area contributed by atoms with Crippen molar-refractivity contribution in [3.8, 4) is 0 Å². The Hall–Kier alpha value is -1.96. The highest BCUT2D eigenvalue weighted by Crippen LogP contribution is 2.27. The van der Waals surface area contributed by atoms with Crippen molar-refractivity contribution >= 4 is 21.7 Å². The Bertz CT molecular complexity index is 687. The van der Waals surface area contributed by atoms with Gasteiger partial charge >= 0.3 is 0 Å². The fraction of sp³-hybridized carbons (Fsp3) is 0.143. The van der Waals surface area contributed by atoms with Gasteiger partial charge in [-0.15, -0.1) is 0 Å². The smallest absolute Gasteiger partial charge is 0.0798 e. The van der Waals surface area contributed by atoms with Crippen LogP contribution in [0.25, 0.3) is 21.7 Å². The van der Waals surface area contributed by atoms with E-state index in [0.29, 0.717) is 0 Å². The van der Waals surface area contributed by atoms with Crippen LogP contribution in [0.3, 0.4) is 0 Å². The van der Waals surface area contributed by atoms with Crippen molar-refractivity contribution in [2.45, 2.75) is 13.8 Å². The molecule has 3 aromatic rings. The molecule has 0 unspecified atom stereocenters. The number of benzene rings is 1. The van der Waals surface area contributed by atoms with Gasteiger partial charge in [-0.25, -0.2) is 0 Å². The van der Waals surface area contributed by atoms with Gasteiger partial charge in [0, 0.05) is 28.9 Å². The number of rotatable bonds is 0. The Morgan fingerprint density at radius 3 is 2.75 bits per heavy atom. The largest absolute Gasteiger partial charge is 0.261 e. The first-order valence-electron chi connectivity index (χ1n) is 5.37. The van der Waals surface area contributed by atoms with Gasteiger partial charge in [0.25, 0.3) is 0 Å². The lowest BCUT2D eigenvalue weighted by atomic mass is 10.0. The van der Waals surface area contributed by atoms with Crippen molar-refractivity contribution in [2.75, 3.05) is 0 Å². The van der Waals surface area contributed by atoms with Crippen LogP contribution in [-0.4, -0.2) is 9.97 Å². The first-order valence-corrected chi connectivity index (χ1v) is 5.37. The topological polar surface area (TPSA) is 25.8 Å². The first-order chi connectivity index (χ1) is 7.77. The lowest BCUT2D eigenvalue weighted by Crippen LogP contribution is -1.89. The maximum absolute atomic E-state index is 4.47. The molecule has 0 aliphatic rings.